The highest BCUT2D eigenvalue weighted by molar-refractivity contribution is 7.86. The largest absolute Gasteiger partial charge is 0.506 e. The number of hydrogen-bond acceptors (Lipinski definition) is 3. The van der Waals surface area contributed by atoms with E-state index in [-0.39, 0.29) is 11.2 Å². The molecule has 2 rings (SSSR count). The zero-order valence-corrected chi connectivity index (χ0v) is 18.3. The monoisotopic (exact) mass is 404 g/mol. The third-order valence-electron chi connectivity index (χ3n) is 5.71. The van der Waals surface area contributed by atoms with Crippen molar-refractivity contribution in [2.24, 2.45) is 0 Å². The normalized spacial score (nSPS) is 12.9. The first-order valence-electron chi connectivity index (χ1n) is 9.82. The fourth-order valence-electron chi connectivity index (χ4n) is 3.64. The van der Waals surface area contributed by atoms with Gasteiger partial charge < -0.3 is 5.11 Å². The van der Waals surface area contributed by atoms with E-state index in [4.69, 9.17) is 0 Å². The number of rotatable bonds is 8. The van der Waals surface area contributed by atoms with E-state index in [1.807, 2.05) is 50.2 Å². The maximum atomic E-state index is 12.0. The van der Waals surface area contributed by atoms with E-state index >= 15 is 0 Å². The summed E-state index contributed by atoms with van der Waals surface area (Å²) in [6, 6.07) is 12.9. The Morgan fingerprint density at radius 3 is 2.07 bits per heavy atom. The minimum atomic E-state index is -4.56. The van der Waals surface area contributed by atoms with Gasteiger partial charge in [0.1, 0.15) is 10.6 Å². The smallest absolute Gasteiger partial charge is 0.298 e. The molecule has 0 fully saturated rings. The first-order chi connectivity index (χ1) is 12.9. The van der Waals surface area contributed by atoms with Gasteiger partial charge in [-0.1, -0.05) is 90.3 Å². The van der Waals surface area contributed by atoms with Crippen molar-refractivity contribution >= 4 is 10.1 Å². The molecule has 5 heteroatoms. The molecular weight excluding hydrogens is 372 g/mol. The molecular formula is C23H32O4S. The molecule has 0 amide bonds. The fourth-order valence-corrected chi connectivity index (χ4v) is 4.27. The molecule has 0 saturated carbocycles. The van der Waals surface area contributed by atoms with Gasteiger partial charge in [-0.25, -0.2) is 0 Å². The summed E-state index contributed by atoms with van der Waals surface area (Å²) in [5.41, 5.74) is 1.32. The van der Waals surface area contributed by atoms with Crippen LogP contribution in [0.5, 0.6) is 5.75 Å². The summed E-state index contributed by atoms with van der Waals surface area (Å²) in [6.45, 7) is 10.2. The highest BCUT2D eigenvalue weighted by atomic mass is 32.2. The van der Waals surface area contributed by atoms with E-state index in [0.717, 1.165) is 36.8 Å². The Bertz CT molecular complexity index is 913. The quantitative estimate of drug-likeness (QED) is 0.429. The van der Waals surface area contributed by atoms with Crippen LogP contribution >= 0.6 is 0 Å². The Morgan fingerprint density at radius 2 is 1.54 bits per heavy atom. The van der Waals surface area contributed by atoms with Gasteiger partial charge in [0, 0.05) is 11.0 Å². The lowest BCUT2D eigenvalue weighted by molar-refractivity contribution is 0.418. The molecule has 0 unspecified atom stereocenters. The van der Waals surface area contributed by atoms with Crippen molar-refractivity contribution in [1.29, 1.82) is 0 Å². The van der Waals surface area contributed by atoms with E-state index < -0.39 is 20.4 Å². The minimum absolute atomic E-state index is 0.288. The maximum absolute atomic E-state index is 12.0. The van der Waals surface area contributed by atoms with Crippen LogP contribution in [0.25, 0.3) is 0 Å². The van der Waals surface area contributed by atoms with Crippen LogP contribution in [0.3, 0.4) is 0 Å². The van der Waals surface area contributed by atoms with Crippen LogP contribution < -0.4 is 0 Å². The molecule has 0 bridgehead atoms. The molecule has 4 nitrogen and oxygen atoms in total. The molecule has 2 aromatic carbocycles. The van der Waals surface area contributed by atoms with Gasteiger partial charge in [-0.2, -0.15) is 8.42 Å². The molecule has 0 spiro atoms. The summed E-state index contributed by atoms with van der Waals surface area (Å²) in [7, 11) is -4.56. The summed E-state index contributed by atoms with van der Waals surface area (Å²) in [6.07, 6.45) is 4.13. The van der Waals surface area contributed by atoms with E-state index in [1.54, 1.807) is 0 Å². The van der Waals surface area contributed by atoms with Gasteiger partial charge in [-0.3, -0.25) is 4.55 Å². The minimum Gasteiger partial charge on any atom is -0.506 e. The van der Waals surface area contributed by atoms with Crippen molar-refractivity contribution in [1.82, 2.24) is 0 Å². The van der Waals surface area contributed by atoms with Gasteiger partial charge in [0.15, 0.2) is 0 Å². The summed E-state index contributed by atoms with van der Waals surface area (Å²) in [5, 5.41) is 10.8. The van der Waals surface area contributed by atoms with Crippen LogP contribution in [0.2, 0.25) is 0 Å². The zero-order valence-electron chi connectivity index (χ0n) is 17.5. The van der Waals surface area contributed by atoms with Crippen LogP contribution in [0.4, 0.5) is 0 Å². The SMILES string of the molecule is CCCCCC(C)(C)c1cc(C(C)(C)c2ccccc2)c(O)c(S(=O)(=O)O)c1. The molecule has 0 radical (unpaired) electrons. The first kappa shape index (κ1) is 22.4. The number of unbranched alkanes of at least 4 members (excludes halogenated alkanes) is 2. The van der Waals surface area contributed by atoms with Crippen molar-refractivity contribution in [3.8, 4) is 5.75 Å². The third-order valence-corrected chi connectivity index (χ3v) is 6.58. The topological polar surface area (TPSA) is 74.6 Å². The van der Waals surface area contributed by atoms with E-state index in [9.17, 15) is 18.1 Å². The Labute approximate surface area is 169 Å². The Morgan fingerprint density at radius 1 is 0.929 bits per heavy atom. The van der Waals surface area contributed by atoms with Gasteiger partial charge >= 0.3 is 0 Å². The second-order valence-electron chi connectivity index (χ2n) is 8.68. The van der Waals surface area contributed by atoms with Crippen molar-refractivity contribution in [3.05, 3.63) is 59.2 Å². The summed E-state index contributed by atoms with van der Waals surface area (Å²) in [5.74, 6) is -0.385. The summed E-state index contributed by atoms with van der Waals surface area (Å²) < 4.78 is 33.8. The molecule has 0 heterocycles. The molecule has 0 aliphatic carbocycles. The highest BCUT2D eigenvalue weighted by Crippen LogP contribution is 2.43. The van der Waals surface area contributed by atoms with Crippen molar-refractivity contribution in [3.63, 3.8) is 0 Å². The summed E-state index contributed by atoms with van der Waals surface area (Å²) in [4.78, 5) is -0.424. The number of benzene rings is 2. The van der Waals surface area contributed by atoms with Gasteiger partial charge in [-0.15, -0.1) is 0 Å². The first-order valence-corrected chi connectivity index (χ1v) is 11.3. The van der Waals surface area contributed by atoms with E-state index in [0.29, 0.717) is 5.56 Å². The lowest BCUT2D eigenvalue weighted by Gasteiger charge is -2.32. The average Bonchev–Trinajstić information content (AvgIpc) is 2.61. The van der Waals surface area contributed by atoms with Crippen molar-refractivity contribution < 1.29 is 18.1 Å². The number of hydrogen-bond donors (Lipinski definition) is 2. The third kappa shape index (κ3) is 4.76. The van der Waals surface area contributed by atoms with Crippen molar-refractivity contribution in [2.45, 2.75) is 76.0 Å². The van der Waals surface area contributed by atoms with Gasteiger partial charge in [-0.05, 0) is 29.0 Å². The molecule has 2 aromatic rings. The highest BCUT2D eigenvalue weighted by Gasteiger charge is 2.33. The van der Waals surface area contributed by atoms with Crippen LogP contribution in [0.15, 0.2) is 47.4 Å². The zero-order chi connectivity index (χ0) is 21.2. The van der Waals surface area contributed by atoms with Crippen LogP contribution in [0, 0.1) is 0 Å². The van der Waals surface area contributed by atoms with Gasteiger partial charge in [0.05, 0.1) is 0 Å². The Balaban J connectivity index is 2.69. The van der Waals surface area contributed by atoms with E-state index in [1.165, 1.54) is 6.07 Å². The molecule has 0 aliphatic heterocycles. The fraction of sp³-hybridized carbons (Fsp3) is 0.478. The Kier molecular flexibility index (Phi) is 6.62. The standard InChI is InChI=1S/C23H32O4S/c1-6-7-11-14-22(2,3)18-15-19(21(24)20(16-18)28(25,26)27)23(4,5)17-12-9-8-10-13-17/h8-10,12-13,15-16,24H,6-7,11,14H2,1-5H3,(H,25,26,27). The molecule has 28 heavy (non-hydrogen) atoms. The summed E-state index contributed by atoms with van der Waals surface area (Å²) >= 11 is 0. The lowest BCUT2D eigenvalue weighted by atomic mass is 9.73. The lowest BCUT2D eigenvalue weighted by Crippen LogP contribution is -2.23. The predicted molar refractivity (Wildman–Crippen MR) is 114 cm³/mol. The molecule has 2 N–H and O–H groups in total. The molecule has 0 aromatic heterocycles. The number of phenols is 1. The van der Waals surface area contributed by atoms with Crippen LogP contribution in [-0.2, 0) is 20.9 Å². The van der Waals surface area contributed by atoms with Gasteiger partial charge in [0.25, 0.3) is 10.1 Å². The van der Waals surface area contributed by atoms with Crippen LogP contribution in [0.1, 0.15) is 77.0 Å². The van der Waals surface area contributed by atoms with E-state index in [2.05, 4.69) is 20.8 Å². The second-order valence-corrected chi connectivity index (χ2v) is 10.1. The second kappa shape index (κ2) is 8.26. The molecule has 0 saturated heterocycles. The number of aromatic hydroxyl groups is 1. The number of phenolic OH excluding ortho intramolecular Hbond substituents is 1. The van der Waals surface area contributed by atoms with Crippen LogP contribution in [-0.4, -0.2) is 18.1 Å². The molecule has 154 valence electrons. The van der Waals surface area contributed by atoms with Gasteiger partial charge in [0.2, 0.25) is 0 Å². The molecule has 0 atom stereocenters. The Hall–Kier alpha value is -1.85. The average molecular weight is 405 g/mol. The predicted octanol–water partition coefficient (Wildman–Crippen LogP) is 5.82. The maximum Gasteiger partial charge on any atom is 0.298 e. The molecule has 0 aliphatic rings. The van der Waals surface area contributed by atoms with Crippen molar-refractivity contribution in [2.75, 3.05) is 0 Å².